The number of phenols is 1. The molecule has 0 unspecified atom stereocenters. The van der Waals surface area contributed by atoms with E-state index in [1.807, 2.05) is 6.92 Å². The van der Waals surface area contributed by atoms with E-state index in [0.29, 0.717) is 5.75 Å². The van der Waals surface area contributed by atoms with Crippen LogP contribution in [0.25, 0.3) is 10.8 Å². The van der Waals surface area contributed by atoms with E-state index in [4.69, 9.17) is 0 Å². The molecule has 5 rings (SSSR count). The van der Waals surface area contributed by atoms with Gasteiger partial charge in [-0.1, -0.05) is 69.3 Å². The van der Waals surface area contributed by atoms with E-state index in [9.17, 15) is 5.11 Å². The molecule has 0 bridgehead atoms. The van der Waals surface area contributed by atoms with Gasteiger partial charge in [0.25, 0.3) is 0 Å². The van der Waals surface area contributed by atoms with Crippen LogP contribution in [0.3, 0.4) is 0 Å². The summed E-state index contributed by atoms with van der Waals surface area (Å²) >= 11 is 0. The average molecular weight is 471 g/mol. The smallest absolute Gasteiger partial charge is 0.122 e. The fourth-order valence-corrected chi connectivity index (χ4v) is 4.78. The number of benzene rings is 3. The van der Waals surface area contributed by atoms with Gasteiger partial charge in [-0.25, -0.2) is 0 Å². The van der Waals surface area contributed by atoms with Crippen LogP contribution in [0.2, 0.25) is 0 Å². The van der Waals surface area contributed by atoms with Gasteiger partial charge in [0, 0.05) is 25.9 Å². The SMILES string of the molecule is Cc1cc(C(C)(C)C)c(O)c(C)c1CC1=NCCN1.c1ccc2c(CC3=NCCN3)cccc2c1. The van der Waals surface area contributed by atoms with Crippen LogP contribution < -0.4 is 10.6 Å². The van der Waals surface area contributed by atoms with Crippen molar-refractivity contribution in [2.45, 2.75) is 52.9 Å². The molecule has 2 heterocycles. The topological polar surface area (TPSA) is 69.0 Å². The van der Waals surface area contributed by atoms with E-state index < -0.39 is 0 Å². The molecule has 0 saturated carbocycles. The summed E-state index contributed by atoms with van der Waals surface area (Å²) in [5.74, 6) is 2.59. The van der Waals surface area contributed by atoms with E-state index in [0.717, 1.165) is 61.8 Å². The van der Waals surface area contributed by atoms with Crippen LogP contribution in [0.5, 0.6) is 5.75 Å². The summed E-state index contributed by atoms with van der Waals surface area (Å²) in [5, 5.41) is 19.7. The van der Waals surface area contributed by atoms with Crippen molar-refractivity contribution in [2.24, 2.45) is 9.98 Å². The predicted octanol–water partition coefficient (Wildman–Crippen LogP) is 5.23. The zero-order chi connectivity index (χ0) is 25.0. The van der Waals surface area contributed by atoms with Gasteiger partial charge < -0.3 is 15.7 Å². The van der Waals surface area contributed by atoms with Crippen molar-refractivity contribution in [3.8, 4) is 5.75 Å². The Morgan fingerprint density at radius 3 is 2.11 bits per heavy atom. The van der Waals surface area contributed by atoms with E-state index >= 15 is 0 Å². The number of phenolic OH excluding ortho intramolecular Hbond substituents is 1. The summed E-state index contributed by atoms with van der Waals surface area (Å²) in [6.45, 7) is 14.2. The number of aryl methyl sites for hydroxylation is 1. The number of rotatable bonds is 4. The maximum Gasteiger partial charge on any atom is 0.122 e. The van der Waals surface area contributed by atoms with Crippen molar-refractivity contribution in [2.75, 3.05) is 26.2 Å². The van der Waals surface area contributed by atoms with Gasteiger partial charge in [0.05, 0.1) is 13.1 Å². The number of aromatic hydroxyl groups is 1. The lowest BCUT2D eigenvalue weighted by atomic mass is 9.82. The van der Waals surface area contributed by atoms with Crippen LogP contribution in [-0.2, 0) is 18.3 Å². The van der Waals surface area contributed by atoms with Gasteiger partial charge in [-0.3, -0.25) is 9.98 Å². The van der Waals surface area contributed by atoms with E-state index in [1.54, 1.807) is 0 Å². The van der Waals surface area contributed by atoms with Crippen LogP contribution in [0, 0.1) is 13.8 Å². The van der Waals surface area contributed by atoms with Crippen molar-refractivity contribution in [1.82, 2.24) is 10.6 Å². The van der Waals surface area contributed by atoms with Gasteiger partial charge in [-0.05, 0) is 57.9 Å². The maximum absolute atomic E-state index is 10.5. The number of fused-ring (bicyclic) bond motifs is 1. The summed E-state index contributed by atoms with van der Waals surface area (Å²) in [4.78, 5) is 8.88. The van der Waals surface area contributed by atoms with Crippen LogP contribution in [0.1, 0.15) is 48.6 Å². The van der Waals surface area contributed by atoms with Gasteiger partial charge in [-0.2, -0.15) is 0 Å². The molecule has 184 valence electrons. The van der Waals surface area contributed by atoms with E-state index in [1.165, 1.54) is 27.5 Å². The van der Waals surface area contributed by atoms with Gasteiger partial charge in [-0.15, -0.1) is 0 Å². The molecule has 0 atom stereocenters. The molecule has 0 spiro atoms. The Bertz CT molecular complexity index is 1260. The number of nitrogens with one attached hydrogen (secondary N) is 2. The maximum atomic E-state index is 10.5. The van der Waals surface area contributed by atoms with Crippen molar-refractivity contribution >= 4 is 22.4 Å². The normalized spacial score (nSPS) is 15.1. The second-order valence-electron chi connectivity index (χ2n) is 10.4. The molecule has 35 heavy (non-hydrogen) atoms. The standard InChI is InChI=1S/C16H24N2O.C14H14N2/c1-10-8-13(16(3,4)5)15(19)11(2)12(10)9-14-17-6-7-18-14;1-2-7-13-11(4-1)5-3-6-12(13)10-14-15-8-9-16-14/h8,19H,6-7,9H2,1-5H3,(H,17,18);1-7H,8-10H2,(H,15,16). The molecule has 0 saturated heterocycles. The van der Waals surface area contributed by atoms with Crippen LogP contribution >= 0.6 is 0 Å². The first-order valence-corrected chi connectivity index (χ1v) is 12.6. The lowest BCUT2D eigenvalue weighted by molar-refractivity contribution is 0.442. The van der Waals surface area contributed by atoms with Crippen LogP contribution in [-0.4, -0.2) is 43.0 Å². The molecule has 0 amide bonds. The minimum absolute atomic E-state index is 0.0404. The lowest BCUT2D eigenvalue weighted by Crippen LogP contribution is -2.22. The Labute approximate surface area is 209 Å². The van der Waals surface area contributed by atoms with E-state index in [2.05, 4.69) is 96.8 Å². The van der Waals surface area contributed by atoms with Gasteiger partial charge in [0.15, 0.2) is 0 Å². The molecule has 0 fully saturated rings. The Morgan fingerprint density at radius 2 is 1.49 bits per heavy atom. The highest BCUT2D eigenvalue weighted by Crippen LogP contribution is 2.36. The molecule has 5 heteroatoms. The molecular weight excluding hydrogens is 432 g/mol. The quantitative estimate of drug-likeness (QED) is 0.489. The summed E-state index contributed by atoms with van der Waals surface area (Å²) in [5.41, 5.74) is 5.75. The molecule has 0 aliphatic carbocycles. The molecule has 3 aromatic carbocycles. The second kappa shape index (κ2) is 10.5. The third-order valence-corrected chi connectivity index (χ3v) is 6.78. The second-order valence-corrected chi connectivity index (χ2v) is 10.4. The number of hydrogen-bond donors (Lipinski definition) is 3. The lowest BCUT2D eigenvalue weighted by Gasteiger charge is -2.24. The fraction of sp³-hybridized carbons (Fsp3) is 0.400. The number of nitrogens with zero attached hydrogens (tertiary/aromatic N) is 2. The highest BCUT2D eigenvalue weighted by molar-refractivity contribution is 5.92. The average Bonchev–Trinajstić information content (AvgIpc) is 3.54. The highest BCUT2D eigenvalue weighted by atomic mass is 16.3. The molecule has 2 aliphatic heterocycles. The Morgan fingerprint density at radius 1 is 0.857 bits per heavy atom. The number of hydrogen-bond acceptors (Lipinski definition) is 5. The predicted molar refractivity (Wildman–Crippen MR) is 148 cm³/mol. The molecule has 3 N–H and O–H groups in total. The highest BCUT2D eigenvalue weighted by Gasteiger charge is 2.22. The van der Waals surface area contributed by atoms with Crippen LogP contribution in [0.4, 0.5) is 0 Å². The van der Waals surface area contributed by atoms with Crippen molar-refractivity contribution in [3.63, 3.8) is 0 Å². The summed E-state index contributed by atoms with van der Waals surface area (Å²) < 4.78 is 0. The third-order valence-electron chi connectivity index (χ3n) is 6.78. The summed E-state index contributed by atoms with van der Waals surface area (Å²) in [7, 11) is 0. The van der Waals surface area contributed by atoms with Gasteiger partial charge in [0.1, 0.15) is 17.4 Å². The summed E-state index contributed by atoms with van der Waals surface area (Å²) in [6.07, 6.45) is 1.71. The Balaban J connectivity index is 0.000000167. The Hall–Kier alpha value is -3.34. The van der Waals surface area contributed by atoms with Crippen LogP contribution in [0.15, 0.2) is 58.5 Å². The fourth-order valence-electron chi connectivity index (χ4n) is 4.78. The zero-order valence-corrected chi connectivity index (χ0v) is 21.7. The van der Waals surface area contributed by atoms with Crippen molar-refractivity contribution in [1.29, 1.82) is 0 Å². The number of aliphatic imine (C=N–C) groups is 2. The zero-order valence-electron chi connectivity index (χ0n) is 21.7. The summed E-state index contributed by atoms with van der Waals surface area (Å²) in [6, 6.07) is 17.1. The Kier molecular flexibility index (Phi) is 7.44. The van der Waals surface area contributed by atoms with E-state index in [-0.39, 0.29) is 5.41 Å². The first-order chi connectivity index (χ1) is 16.7. The molecule has 5 nitrogen and oxygen atoms in total. The van der Waals surface area contributed by atoms with Crippen molar-refractivity contribution in [3.05, 3.63) is 76.3 Å². The molecule has 0 aromatic heterocycles. The number of amidine groups is 2. The molecule has 3 aromatic rings. The molecule has 0 radical (unpaired) electrons. The van der Waals surface area contributed by atoms with Gasteiger partial charge >= 0.3 is 0 Å². The van der Waals surface area contributed by atoms with Crippen molar-refractivity contribution < 1.29 is 5.11 Å². The minimum atomic E-state index is -0.0404. The molecular formula is C30H38N4O. The first-order valence-electron chi connectivity index (χ1n) is 12.6. The first kappa shape index (κ1) is 24.8. The molecule has 2 aliphatic rings. The van der Waals surface area contributed by atoms with Gasteiger partial charge in [0.2, 0.25) is 0 Å². The largest absolute Gasteiger partial charge is 0.507 e. The monoisotopic (exact) mass is 470 g/mol. The third kappa shape index (κ3) is 5.84. The minimum Gasteiger partial charge on any atom is -0.507 e.